The fourth-order valence-corrected chi connectivity index (χ4v) is 3.60. The maximum absolute atomic E-state index is 13.1. The van der Waals surface area contributed by atoms with Gasteiger partial charge in [0.15, 0.2) is 0 Å². The van der Waals surface area contributed by atoms with E-state index in [1.165, 1.54) is 18.1 Å². The molecular formula is C22H26N2O3. The first-order valence-corrected chi connectivity index (χ1v) is 9.29. The first-order valence-electron chi connectivity index (χ1n) is 9.29. The van der Waals surface area contributed by atoms with E-state index in [4.69, 9.17) is 4.74 Å². The molecule has 0 bridgehead atoms. The smallest absolute Gasteiger partial charge is 0.229 e. The lowest BCUT2D eigenvalue weighted by Gasteiger charge is -2.31. The Balaban J connectivity index is 1.81. The minimum Gasteiger partial charge on any atom is -0.497 e. The van der Waals surface area contributed by atoms with Gasteiger partial charge in [0.25, 0.3) is 0 Å². The number of nitrogens with one attached hydrogen (secondary N) is 1. The maximum Gasteiger partial charge on any atom is 0.229 e. The van der Waals surface area contributed by atoms with Crippen molar-refractivity contribution in [2.24, 2.45) is 0 Å². The van der Waals surface area contributed by atoms with Crippen molar-refractivity contribution in [3.05, 3.63) is 59.2 Å². The molecule has 0 fully saturated rings. The number of hydrogen-bond acceptors (Lipinski definition) is 3. The Morgan fingerprint density at radius 2 is 1.93 bits per heavy atom. The largest absolute Gasteiger partial charge is 0.497 e. The number of methoxy groups -OCH3 is 1. The van der Waals surface area contributed by atoms with Gasteiger partial charge in [-0.2, -0.15) is 0 Å². The van der Waals surface area contributed by atoms with Crippen molar-refractivity contribution >= 4 is 17.5 Å². The number of ether oxygens (including phenoxy) is 1. The molecule has 2 amide bonds. The van der Waals surface area contributed by atoms with Crippen LogP contribution in [0.4, 0.5) is 5.69 Å². The van der Waals surface area contributed by atoms with Crippen LogP contribution in [0.5, 0.6) is 5.75 Å². The zero-order valence-electron chi connectivity index (χ0n) is 16.1. The quantitative estimate of drug-likeness (QED) is 0.880. The van der Waals surface area contributed by atoms with E-state index in [1.54, 1.807) is 7.11 Å². The van der Waals surface area contributed by atoms with Crippen molar-refractivity contribution in [1.29, 1.82) is 0 Å². The lowest BCUT2D eigenvalue weighted by molar-refractivity contribution is -0.121. The standard InChI is InChI=1S/C22H26N2O3/c1-15-6-11-21-18(13-15)5-4-12-24(21)22(26)14-20(23-16(2)25)17-7-9-19(27-3)10-8-17/h6-11,13,20H,4-5,12,14H2,1-3H3,(H,23,25). The highest BCUT2D eigenvalue weighted by Crippen LogP contribution is 2.30. The molecule has 1 aliphatic heterocycles. The first kappa shape index (κ1) is 19.0. The van der Waals surface area contributed by atoms with Gasteiger partial charge in [-0.3, -0.25) is 9.59 Å². The lowest BCUT2D eigenvalue weighted by atomic mass is 9.97. The molecule has 1 heterocycles. The molecule has 1 unspecified atom stereocenters. The van der Waals surface area contributed by atoms with Crippen molar-refractivity contribution in [2.75, 3.05) is 18.6 Å². The van der Waals surface area contributed by atoms with Crippen LogP contribution in [0.15, 0.2) is 42.5 Å². The summed E-state index contributed by atoms with van der Waals surface area (Å²) in [5, 5.41) is 2.91. The minimum absolute atomic E-state index is 0.0226. The van der Waals surface area contributed by atoms with Crippen molar-refractivity contribution in [3.63, 3.8) is 0 Å². The van der Waals surface area contributed by atoms with E-state index in [-0.39, 0.29) is 24.3 Å². The fourth-order valence-electron chi connectivity index (χ4n) is 3.60. The van der Waals surface area contributed by atoms with Gasteiger partial charge in [-0.15, -0.1) is 0 Å². The molecule has 142 valence electrons. The predicted molar refractivity (Wildman–Crippen MR) is 106 cm³/mol. The highest BCUT2D eigenvalue weighted by Gasteiger charge is 2.26. The summed E-state index contributed by atoms with van der Waals surface area (Å²) in [7, 11) is 1.61. The molecule has 0 aliphatic carbocycles. The predicted octanol–water partition coefficient (Wildman–Crippen LogP) is 3.55. The maximum atomic E-state index is 13.1. The molecule has 0 saturated heterocycles. The molecular weight excluding hydrogens is 340 g/mol. The molecule has 5 nitrogen and oxygen atoms in total. The summed E-state index contributed by atoms with van der Waals surface area (Å²) in [5.41, 5.74) is 4.31. The number of rotatable bonds is 5. The van der Waals surface area contributed by atoms with Crippen LogP contribution < -0.4 is 15.0 Å². The molecule has 2 aromatic carbocycles. The molecule has 5 heteroatoms. The van der Waals surface area contributed by atoms with E-state index in [2.05, 4.69) is 18.3 Å². The Bertz CT molecular complexity index is 830. The Labute approximate surface area is 160 Å². The number of fused-ring (bicyclic) bond motifs is 1. The van der Waals surface area contributed by atoms with Crippen LogP contribution in [0, 0.1) is 6.92 Å². The van der Waals surface area contributed by atoms with Crippen molar-refractivity contribution in [2.45, 2.75) is 39.2 Å². The van der Waals surface area contributed by atoms with Gasteiger partial charge < -0.3 is 15.0 Å². The molecule has 1 N–H and O–H groups in total. The number of benzene rings is 2. The zero-order chi connectivity index (χ0) is 19.4. The number of anilines is 1. The molecule has 1 aliphatic rings. The monoisotopic (exact) mass is 366 g/mol. The van der Waals surface area contributed by atoms with Gasteiger partial charge in [0.1, 0.15) is 5.75 Å². The second-order valence-corrected chi connectivity index (χ2v) is 7.01. The topological polar surface area (TPSA) is 58.6 Å². The Hall–Kier alpha value is -2.82. The average molecular weight is 366 g/mol. The van der Waals surface area contributed by atoms with E-state index >= 15 is 0 Å². The van der Waals surface area contributed by atoms with Crippen LogP contribution in [0.1, 0.15) is 42.5 Å². The number of nitrogens with zero attached hydrogens (tertiary/aromatic N) is 1. The second-order valence-electron chi connectivity index (χ2n) is 7.01. The molecule has 0 aromatic heterocycles. The molecule has 27 heavy (non-hydrogen) atoms. The molecule has 3 rings (SSSR count). The summed E-state index contributed by atoms with van der Waals surface area (Å²) in [5.74, 6) is 0.611. The van der Waals surface area contributed by atoms with Crippen LogP contribution in [-0.4, -0.2) is 25.5 Å². The zero-order valence-corrected chi connectivity index (χ0v) is 16.1. The summed E-state index contributed by atoms with van der Waals surface area (Å²) >= 11 is 0. The Morgan fingerprint density at radius 3 is 2.59 bits per heavy atom. The molecule has 0 spiro atoms. The number of amides is 2. The molecule has 0 radical (unpaired) electrons. The average Bonchev–Trinajstić information content (AvgIpc) is 2.66. The SMILES string of the molecule is COc1ccc(C(CC(=O)N2CCCc3cc(C)ccc32)NC(C)=O)cc1. The van der Waals surface area contributed by atoms with Crippen LogP contribution in [0.25, 0.3) is 0 Å². The van der Waals surface area contributed by atoms with Crippen LogP contribution in [0.2, 0.25) is 0 Å². The molecule has 0 saturated carbocycles. The van der Waals surface area contributed by atoms with Gasteiger partial charge in [0.05, 0.1) is 19.6 Å². The van der Waals surface area contributed by atoms with Gasteiger partial charge in [-0.1, -0.05) is 29.8 Å². The van der Waals surface area contributed by atoms with Crippen molar-refractivity contribution in [1.82, 2.24) is 5.32 Å². The summed E-state index contributed by atoms with van der Waals surface area (Å²) in [6.07, 6.45) is 2.17. The summed E-state index contributed by atoms with van der Waals surface area (Å²) in [6, 6.07) is 13.3. The van der Waals surface area contributed by atoms with Crippen LogP contribution >= 0.6 is 0 Å². The van der Waals surface area contributed by atoms with Crippen LogP contribution in [-0.2, 0) is 16.0 Å². The molecule has 2 aromatic rings. The van der Waals surface area contributed by atoms with Crippen LogP contribution in [0.3, 0.4) is 0 Å². The summed E-state index contributed by atoms with van der Waals surface area (Å²) in [4.78, 5) is 26.6. The highest BCUT2D eigenvalue weighted by atomic mass is 16.5. The summed E-state index contributed by atoms with van der Waals surface area (Å²) in [6.45, 7) is 4.25. The Kier molecular flexibility index (Phi) is 5.79. The highest BCUT2D eigenvalue weighted by molar-refractivity contribution is 5.95. The number of carbonyl (C=O) groups is 2. The third-order valence-corrected chi connectivity index (χ3v) is 4.93. The minimum atomic E-state index is -0.364. The van der Waals surface area contributed by atoms with Gasteiger partial charge in [-0.05, 0) is 49.1 Å². The van der Waals surface area contributed by atoms with Crippen molar-refractivity contribution < 1.29 is 14.3 Å². The third kappa shape index (κ3) is 4.48. The van der Waals surface area contributed by atoms with Gasteiger partial charge in [0.2, 0.25) is 11.8 Å². The van der Waals surface area contributed by atoms with E-state index in [0.29, 0.717) is 6.54 Å². The van der Waals surface area contributed by atoms with E-state index < -0.39 is 0 Å². The fraction of sp³-hybridized carbons (Fsp3) is 0.364. The van der Waals surface area contributed by atoms with E-state index in [0.717, 1.165) is 29.8 Å². The van der Waals surface area contributed by atoms with E-state index in [9.17, 15) is 9.59 Å². The normalized spacial score (nSPS) is 14.3. The lowest BCUT2D eigenvalue weighted by Crippen LogP contribution is -2.38. The molecule has 1 atom stereocenters. The van der Waals surface area contributed by atoms with Crippen molar-refractivity contribution in [3.8, 4) is 5.75 Å². The van der Waals surface area contributed by atoms with Gasteiger partial charge in [-0.25, -0.2) is 0 Å². The number of hydrogen-bond donors (Lipinski definition) is 1. The third-order valence-electron chi connectivity index (χ3n) is 4.93. The number of carbonyl (C=O) groups excluding carboxylic acids is 2. The second kappa shape index (κ2) is 8.25. The number of aryl methyl sites for hydroxylation is 2. The first-order chi connectivity index (χ1) is 13.0. The van der Waals surface area contributed by atoms with E-state index in [1.807, 2.05) is 41.3 Å². The van der Waals surface area contributed by atoms with Gasteiger partial charge in [0, 0.05) is 19.2 Å². The van der Waals surface area contributed by atoms with Gasteiger partial charge >= 0.3 is 0 Å². The summed E-state index contributed by atoms with van der Waals surface area (Å²) < 4.78 is 5.19. The Morgan fingerprint density at radius 1 is 1.19 bits per heavy atom.